The summed E-state index contributed by atoms with van der Waals surface area (Å²) in [6.07, 6.45) is 3.53. The van der Waals surface area contributed by atoms with Gasteiger partial charge in [-0.25, -0.2) is 9.07 Å². The molecule has 1 aliphatic carbocycles. The number of hydrogen-bond acceptors (Lipinski definition) is 4. The monoisotopic (exact) mass is 498 g/mol. The Morgan fingerprint density at radius 2 is 1.73 bits per heavy atom. The van der Waals surface area contributed by atoms with E-state index in [9.17, 15) is 14.0 Å². The van der Waals surface area contributed by atoms with Crippen LogP contribution in [0, 0.1) is 17.7 Å². The summed E-state index contributed by atoms with van der Waals surface area (Å²) < 4.78 is 20.5. The maximum atomic E-state index is 13.7. The van der Waals surface area contributed by atoms with Gasteiger partial charge in [-0.05, 0) is 73.0 Å². The molecule has 0 spiro atoms. The van der Waals surface area contributed by atoms with Crippen molar-refractivity contribution >= 4 is 28.4 Å². The molecule has 4 aromatic rings. The number of fused-ring (bicyclic) bond motifs is 1. The van der Waals surface area contributed by atoms with E-state index in [1.54, 1.807) is 35.0 Å². The molecule has 2 aliphatic rings. The van der Waals surface area contributed by atoms with E-state index in [0.29, 0.717) is 0 Å². The molecule has 188 valence electrons. The predicted octanol–water partition coefficient (Wildman–Crippen LogP) is 4.79. The fraction of sp³-hybridized carbons (Fsp3) is 0.276. The van der Waals surface area contributed by atoms with Gasteiger partial charge in [-0.15, -0.1) is 0 Å². The van der Waals surface area contributed by atoms with E-state index in [2.05, 4.69) is 10.4 Å². The lowest BCUT2D eigenvalue weighted by Crippen LogP contribution is -2.42. The SMILES string of the molecule is COc1ccc(C2C(NC(=O)C3CC3)C(C)C(=O)N2c2ccc3c(cnn3-c3ccc(F)cc3)c2)cc1. The Morgan fingerprint density at radius 3 is 2.41 bits per heavy atom. The minimum absolute atomic E-state index is 0.0149. The van der Waals surface area contributed by atoms with Gasteiger partial charge in [-0.2, -0.15) is 5.10 Å². The molecule has 2 fully saturated rings. The number of carbonyl (C=O) groups is 2. The Hall–Kier alpha value is -4.20. The van der Waals surface area contributed by atoms with Gasteiger partial charge in [0.15, 0.2) is 0 Å². The van der Waals surface area contributed by atoms with Crippen LogP contribution >= 0.6 is 0 Å². The van der Waals surface area contributed by atoms with Crippen molar-refractivity contribution in [3.63, 3.8) is 0 Å². The van der Waals surface area contributed by atoms with Crippen LogP contribution in [0.2, 0.25) is 0 Å². The van der Waals surface area contributed by atoms with Gasteiger partial charge in [0.25, 0.3) is 0 Å². The van der Waals surface area contributed by atoms with E-state index in [-0.39, 0.29) is 35.6 Å². The van der Waals surface area contributed by atoms with Crippen molar-refractivity contribution in [3.8, 4) is 11.4 Å². The molecular formula is C29H27FN4O3. The Balaban J connectivity index is 1.40. The van der Waals surface area contributed by atoms with Gasteiger partial charge in [0, 0.05) is 17.0 Å². The van der Waals surface area contributed by atoms with Crippen LogP contribution in [-0.2, 0) is 9.59 Å². The van der Waals surface area contributed by atoms with Crippen LogP contribution < -0.4 is 15.0 Å². The van der Waals surface area contributed by atoms with Crippen molar-refractivity contribution in [3.05, 3.63) is 84.3 Å². The second-order valence-electron chi connectivity index (χ2n) is 9.80. The number of rotatable bonds is 6. The fourth-order valence-electron chi connectivity index (χ4n) is 5.18. The Morgan fingerprint density at radius 1 is 1.03 bits per heavy atom. The number of anilines is 1. The largest absolute Gasteiger partial charge is 0.497 e. The van der Waals surface area contributed by atoms with E-state index in [4.69, 9.17) is 4.74 Å². The van der Waals surface area contributed by atoms with E-state index < -0.39 is 5.92 Å². The molecule has 1 aromatic heterocycles. The molecule has 0 bridgehead atoms. The van der Waals surface area contributed by atoms with E-state index in [1.807, 2.05) is 49.4 Å². The molecule has 8 heteroatoms. The molecule has 0 radical (unpaired) electrons. The molecule has 37 heavy (non-hydrogen) atoms. The Bertz CT molecular complexity index is 1480. The van der Waals surface area contributed by atoms with Crippen molar-refractivity contribution in [2.24, 2.45) is 11.8 Å². The first-order valence-corrected chi connectivity index (χ1v) is 12.5. The topological polar surface area (TPSA) is 76.5 Å². The molecule has 7 nitrogen and oxygen atoms in total. The summed E-state index contributed by atoms with van der Waals surface area (Å²) in [5.41, 5.74) is 3.23. The van der Waals surface area contributed by atoms with Crippen LogP contribution in [-0.4, -0.2) is 34.7 Å². The summed E-state index contributed by atoms with van der Waals surface area (Å²) in [5.74, 6) is 0.0279. The molecular weight excluding hydrogens is 471 g/mol. The predicted molar refractivity (Wildman–Crippen MR) is 138 cm³/mol. The fourth-order valence-corrected chi connectivity index (χ4v) is 5.18. The lowest BCUT2D eigenvalue weighted by molar-refractivity contribution is -0.123. The highest BCUT2D eigenvalue weighted by Crippen LogP contribution is 2.42. The van der Waals surface area contributed by atoms with Crippen LogP contribution in [0.1, 0.15) is 31.4 Å². The minimum Gasteiger partial charge on any atom is -0.497 e. The molecule has 3 aromatic carbocycles. The highest BCUT2D eigenvalue weighted by molar-refractivity contribution is 6.01. The first-order valence-electron chi connectivity index (χ1n) is 12.5. The second-order valence-corrected chi connectivity index (χ2v) is 9.80. The molecule has 1 N–H and O–H groups in total. The van der Waals surface area contributed by atoms with Crippen LogP contribution in [0.5, 0.6) is 5.75 Å². The lowest BCUT2D eigenvalue weighted by Gasteiger charge is -2.29. The van der Waals surface area contributed by atoms with Gasteiger partial charge >= 0.3 is 0 Å². The third kappa shape index (κ3) is 4.12. The first kappa shape index (κ1) is 23.2. The molecule has 1 aliphatic heterocycles. The van der Waals surface area contributed by atoms with Gasteiger partial charge in [-0.3, -0.25) is 9.59 Å². The summed E-state index contributed by atoms with van der Waals surface area (Å²) >= 11 is 0. The van der Waals surface area contributed by atoms with Gasteiger partial charge in [-0.1, -0.05) is 19.1 Å². The molecule has 6 rings (SSSR count). The zero-order valence-corrected chi connectivity index (χ0v) is 20.6. The summed E-state index contributed by atoms with van der Waals surface area (Å²) in [5, 5.41) is 8.53. The smallest absolute Gasteiger partial charge is 0.232 e. The van der Waals surface area contributed by atoms with Gasteiger partial charge in [0.1, 0.15) is 11.6 Å². The number of methoxy groups -OCH3 is 1. The minimum atomic E-state index is -0.396. The number of ether oxygens (including phenoxy) is 1. The molecule has 1 saturated heterocycles. The average Bonchev–Trinajstić information content (AvgIpc) is 3.65. The lowest BCUT2D eigenvalue weighted by atomic mass is 9.94. The third-order valence-electron chi connectivity index (χ3n) is 7.40. The van der Waals surface area contributed by atoms with Crippen molar-refractivity contribution < 1.29 is 18.7 Å². The molecule has 1 saturated carbocycles. The zero-order chi connectivity index (χ0) is 25.7. The normalized spacial score (nSPS) is 21.4. The average molecular weight is 499 g/mol. The molecule has 3 atom stereocenters. The number of benzene rings is 3. The molecule has 2 amide bonds. The van der Waals surface area contributed by atoms with Crippen molar-refractivity contribution in [2.75, 3.05) is 12.0 Å². The van der Waals surface area contributed by atoms with Gasteiger partial charge in [0.2, 0.25) is 11.8 Å². The number of halogens is 1. The molecule has 3 unspecified atom stereocenters. The first-order chi connectivity index (χ1) is 17.9. The van der Waals surface area contributed by atoms with Crippen LogP contribution in [0.15, 0.2) is 72.9 Å². The van der Waals surface area contributed by atoms with Gasteiger partial charge in [0.05, 0.1) is 42.5 Å². The van der Waals surface area contributed by atoms with Crippen molar-refractivity contribution in [2.45, 2.75) is 31.8 Å². The zero-order valence-electron chi connectivity index (χ0n) is 20.6. The van der Waals surface area contributed by atoms with Crippen molar-refractivity contribution in [1.29, 1.82) is 0 Å². The number of nitrogens with one attached hydrogen (secondary N) is 1. The second kappa shape index (κ2) is 9.03. The summed E-state index contributed by atoms with van der Waals surface area (Å²) in [6.45, 7) is 1.88. The number of carbonyl (C=O) groups excluding carboxylic acids is 2. The van der Waals surface area contributed by atoms with Crippen molar-refractivity contribution in [1.82, 2.24) is 15.1 Å². The Kier molecular flexibility index (Phi) is 5.67. The van der Waals surface area contributed by atoms with Crippen LogP contribution in [0.3, 0.4) is 0 Å². The van der Waals surface area contributed by atoms with Crippen LogP contribution in [0.4, 0.5) is 10.1 Å². The third-order valence-corrected chi connectivity index (χ3v) is 7.40. The quantitative estimate of drug-likeness (QED) is 0.415. The summed E-state index contributed by atoms with van der Waals surface area (Å²) in [4.78, 5) is 28.2. The highest BCUT2D eigenvalue weighted by atomic mass is 19.1. The summed E-state index contributed by atoms with van der Waals surface area (Å²) in [7, 11) is 1.61. The van der Waals surface area contributed by atoms with Gasteiger partial charge < -0.3 is 15.0 Å². The van der Waals surface area contributed by atoms with E-state index in [1.165, 1.54) is 12.1 Å². The number of nitrogens with zero attached hydrogens (tertiary/aromatic N) is 3. The highest BCUT2D eigenvalue weighted by Gasteiger charge is 2.48. The van der Waals surface area contributed by atoms with Crippen LogP contribution in [0.25, 0.3) is 16.6 Å². The summed E-state index contributed by atoms with van der Waals surface area (Å²) in [6, 6.07) is 18.8. The number of hydrogen-bond donors (Lipinski definition) is 1. The van der Waals surface area contributed by atoms with E-state index >= 15 is 0 Å². The number of amides is 2. The van der Waals surface area contributed by atoms with E-state index in [0.717, 1.165) is 46.4 Å². The maximum absolute atomic E-state index is 13.7. The Labute approximate surface area is 213 Å². The standard InChI is InChI=1S/C29H27FN4O3/c1-17-26(32-28(35)19-3-4-19)27(18-5-12-24(37-2)13-6-18)33(29(17)36)23-11-14-25-20(15-23)16-31-34(25)22-9-7-21(30)8-10-22/h5-17,19,26-27H,3-4H2,1-2H3,(H,32,35). The maximum Gasteiger partial charge on any atom is 0.232 e. The number of aromatic nitrogens is 2. The molecule has 2 heterocycles.